The molecule has 0 spiro atoms. The first-order valence-electron chi connectivity index (χ1n) is 9.80. The Balaban J connectivity index is 1.71. The van der Waals surface area contributed by atoms with Gasteiger partial charge in [-0.1, -0.05) is 6.07 Å². The third-order valence-electron chi connectivity index (χ3n) is 6.47. The zero-order chi connectivity index (χ0) is 22.6. The van der Waals surface area contributed by atoms with E-state index in [1.807, 2.05) is 0 Å². The Bertz CT molecular complexity index is 1200. The minimum Gasteiger partial charge on any atom is -0.480 e. The number of sulfone groups is 1. The van der Waals surface area contributed by atoms with E-state index in [9.17, 15) is 17.6 Å². The molecule has 1 aromatic carbocycles. The van der Waals surface area contributed by atoms with Crippen LogP contribution in [0.25, 0.3) is 0 Å². The number of rotatable bonds is 5. The number of hydrogen-bond acceptors (Lipinski definition) is 8. The first kappa shape index (κ1) is 21.4. The number of ether oxygens (including phenoxy) is 1. The van der Waals surface area contributed by atoms with E-state index in [-0.39, 0.29) is 35.2 Å². The SMILES string of the molecule is COc1cnc(C(=O)Cc2ccc(F)c([C@@]3(C)N=C(N)[C@@]4(C)CC[C@@H]3S4(=O)=O)c2)cn1. The lowest BCUT2D eigenvalue weighted by atomic mass is 9.85. The third kappa shape index (κ3) is 3.12. The number of Topliss-reactive ketones (excluding diaryl/α,β-unsaturated/α-hetero) is 1. The highest BCUT2D eigenvalue weighted by molar-refractivity contribution is 7.94. The number of hydrogen-bond donors (Lipinski definition) is 1. The molecule has 0 radical (unpaired) electrons. The van der Waals surface area contributed by atoms with Crippen LogP contribution < -0.4 is 10.5 Å². The van der Waals surface area contributed by atoms with E-state index in [2.05, 4.69) is 15.0 Å². The number of benzene rings is 1. The summed E-state index contributed by atoms with van der Waals surface area (Å²) < 4.78 is 44.9. The van der Waals surface area contributed by atoms with E-state index >= 15 is 0 Å². The molecule has 2 bridgehead atoms. The Labute approximate surface area is 179 Å². The third-order valence-corrected chi connectivity index (χ3v) is 9.58. The van der Waals surface area contributed by atoms with Crippen LogP contribution in [-0.4, -0.2) is 47.1 Å². The molecule has 8 nitrogen and oxygen atoms in total. The zero-order valence-electron chi connectivity index (χ0n) is 17.4. The van der Waals surface area contributed by atoms with Crippen LogP contribution in [0, 0.1) is 5.82 Å². The molecule has 10 heteroatoms. The number of halogens is 1. The van der Waals surface area contributed by atoms with Crippen molar-refractivity contribution in [1.29, 1.82) is 0 Å². The van der Waals surface area contributed by atoms with Crippen LogP contribution in [0.3, 0.4) is 0 Å². The number of nitrogens with zero attached hydrogens (tertiary/aromatic N) is 3. The Morgan fingerprint density at radius 3 is 2.68 bits per heavy atom. The highest BCUT2D eigenvalue weighted by atomic mass is 32.2. The van der Waals surface area contributed by atoms with Gasteiger partial charge in [0.2, 0.25) is 5.88 Å². The summed E-state index contributed by atoms with van der Waals surface area (Å²) in [6.45, 7) is 3.16. The van der Waals surface area contributed by atoms with Gasteiger partial charge in [0.15, 0.2) is 15.6 Å². The minimum absolute atomic E-state index is 0.00173. The van der Waals surface area contributed by atoms with Gasteiger partial charge in [-0.3, -0.25) is 9.79 Å². The van der Waals surface area contributed by atoms with Gasteiger partial charge >= 0.3 is 0 Å². The van der Waals surface area contributed by atoms with Crippen LogP contribution in [0.1, 0.15) is 48.3 Å². The van der Waals surface area contributed by atoms with Crippen molar-refractivity contribution in [3.05, 3.63) is 53.2 Å². The second-order valence-electron chi connectivity index (χ2n) is 8.31. The summed E-state index contributed by atoms with van der Waals surface area (Å²) in [6, 6.07) is 4.21. The molecule has 0 unspecified atom stereocenters. The van der Waals surface area contributed by atoms with Crippen molar-refractivity contribution in [2.45, 2.75) is 48.6 Å². The van der Waals surface area contributed by atoms with Crippen LogP contribution in [0.5, 0.6) is 5.88 Å². The molecule has 3 atom stereocenters. The molecule has 1 fully saturated rings. The number of carbonyl (C=O) groups excluding carboxylic acids is 1. The molecule has 1 aromatic heterocycles. The summed E-state index contributed by atoms with van der Waals surface area (Å²) in [6.07, 6.45) is 3.28. The summed E-state index contributed by atoms with van der Waals surface area (Å²) in [7, 11) is -2.21. The summed E-state index contributed by atoms with van der Waals surface area (Å²) >= 11 is 0. The van der Waals surface area contributed by atoms with Gasteiger partial charge in [0, 0.05) is 12.0 Å². The Hall–Kier alpha value is -2.88. The maximum absolute atomic E-state index is 14.9. The largest absolute Gasteiger partial charge is 0.480 e. The monoisotopic (exact) mass is 446 g/mol. The number of methoxy groups -OCH3 is 1. The van der Waals surface area contributed by atoms with Gasteiger partial charge < -0.3 is 10.5 Å². The van der Waals surface area contributed by atoms with E-state index in [0.29, 0.717) is 18.4 Å². The molecule has 0 aliphatic carbocycles. The second-order valence-corrected chi connectivity index (χ2v) is 10.9. The number of nitrogens with two attached hydrogens (primary N) is 1. The van der Waals surface area contributed by atoms with Crippen LogP contribution in [0.2, 0.25) is 0 Å². The number of aromatic nitrogens is 2. The minimum atomic E-state index is -3.66. The molecule has 2 aliphatic rings. The van der Waals surface area contributed by atoms with E-state index in [0.717, 1.165) is 0 Å². The fourth-order valence-corrected chi connectivity index (χ4v) is 7.04. The number of aliphatic imine (C=N–C) groups is 1. The normalized spacial score (nSPS) is 28.8. The number of ketones is 1. The molecule has 4 rings (SSSR count). The van der Waals surface area contributed by atoms with E-state index in [4.69, 9.17) is 10.5 Å². The van der Waals surface area contributed by atoms with Crippen molar-refractivity contribution in [1.82, 2.24) is 9.97 Å². The second kappa shape index (κ2) is 7.08. The van der Waals surface area contributed by atoms with Crippen molar-refractivity contribution in [2.24, 2.45) is 10.7 Å². The maximum Gasteiger partial charge on any atom is 0.232 e. The van der Waals surface area contributed by atoms with Crippen molar-refractivity contribution in [2.75, 3.05) is 7.11 Å². The number of amidine groups is 1. The average Bonchev–Trinajstić information content (AvgIpc) is 2.92. The topological polar surface area (TPSA) is 125 Å². The van der Waals surface area contributed by atoms with Gasteiger partial charge in [-0.15, -0.1) is 0 Å². The van der Waals surface area contributed by atoms with Crippen molar-refractivity contribution >= 4 is 21.5 Å². The molecule has 3 heterocycles. The average molecular weight is 447 g/mol. The molecule has 1 saturated heterocycles. The summed E-state index contributed by atoms with van der Waals surface area (Å²) in [5.41, 5.74) is 5.47. The van der Waals surface area contributed by atoms with Gasteiger partial charge in [-0.05, 0) is 44.4 Å². The maximum atomic E-state index is 14.9. The predicted octanol–water partition coefficient (Wildman–Crippen LogP) is 1.97. The summed E-state index contributed by atoms with van der Waals surface area (Å²) in [4.78, 5) is 25.1. The van der Waals surface area contributed by atoms with Gasteiger partial charge in [-0.25, -0.2) is 22.8 Å². The van der Waals surface area contributed by atoms with E-state index < -0.39 is 31.2 Å². The van der Waals surface area contributed by atoms with Crippen molar-refractivity contribution in [3.8, 4) is 5.88 Å². The van der Waals surface area contributed by atoms with Gasteiger partial charge in [0.25, 0.3) is 0 Å². The molecule has 2 aromatic rings. The molecular formula is C21H23FN4O4S. The Morgan fingerprint density at radius 2 is 2.03 bits per heavy atom. The van der Waals surface area contributed by atoms with Gasteiger partial charge in [-0.2, -0.15) is 0 Å². The molecule has 2 N–H and O–H groups in total. The lowest BCUT2D eigenvalue weighted by molar-refractivity contribution is 0.0987. The van der Waals surface area contributed by atoms with Crippen LogP contribution in [-0.2, 0) is 21.8 Å². The van der Waals surface area contributed by atoms with Crippen molar-refractivity contribution in [3.63, 3.8) is 0 Å². The molecule has 0 amide bonds. The van der Waals surface area contributed by atoms with Gasteiger partial charge in [0.1, 0.15) is 27.6 Å². The fourth-order valence-electron chi connectivity index (χ4n) is 4.46. The van der Waals surface area contributed by atoms with Crippen LogP contribution in [0.4, 0.5) is 4.39 Å². The number of carbonyl (C=O) groups is 1. The highest BCUT2D eigenvalue weighted by Crippen LogP contribution is 2.51. The summed E-state index contributed by atoms with van der Waals surface area (Å²) in [5.74, 6) is -0.625. The summed E-state index contributed by atoms with van der Waals surface area (Å²) in [5, 5.41) is -0.884. The lowest BCUT2D eigenvalue weighted by Gasteiger charge is -2.39. The zero-order valence-corrected chi connectivity index (χ0v) is 18.2. The van der Waals surface area contributed by atoms with Crippen LogP contribution in [0.15, 0.2) is 35.6 Å². The molecule has 31 heavy (non-hydrogen) atoms. The van der Waals surface area contributed by atoms with Crippen LogP contribution >= 0.6 is 0 Å². The van der Waals surface area contributed by atoms with E-state index in [1.54, 1.807) is 13.8 Å². The Morgan fingerprint density at radius 1 is 1.29 bits per heavy atom. The fraction of sp³-hybridized carbons (Fsp3) is 0.429. The number of fused-ring (bicyclic) bond motifs is 2. The Kier molecular flexibility index (Phi) is 4.88. The predicted molar refractivity (Wildman–Crippen MR) is 112 cm³/mol. The molecule has 0 saturated carbocycles. The van der Waals surface area contributed by atoms with Crippen molar-refractivity contribution < 1.29 is 22.3 Å². The standard InChI is InChI=1S/C21H23FN4O4S/c1-20-7-6-17(31(20,28)29)21(2,26-19(20)23)13-8-12(4-5-14(13)22)9-16(27)15-10-25-18(30-3)11-24-15/h4-5,8,10-11,17H,6-7,9H2,1-3H3,(H2,23,26)/t17-,20+,21+/m0/s1. The lowest BCUT2D eigenvalue weighted by Crippen LogP contribution is -2.55. The smallest absolute Gasteiger partial charge is 0.232 e. The molecule has 2 aliphatic heterocycles. The quantitative estimate of drug-likeness (QED) is 0.696. The first-order valence-corrected chi connectivity index (χ1v) is 11.3. The first-order chi connectivity index (χ1) is 14.5. The molecule has 164 valence electrons. The highest BCUT2D eigenvalue weighted by Gasteiger charge is 2.63. The van der Waals surface area contributed by atoms with E-state index in [1.165, 1.54) is 37.7 Å². The molecular weight excluding hydrogens is 423 g/mol. The van der Waals surface area contributed by atoms with Gasteiger partial charge in [0.05, 0.1) is 24.8 Å².